The van der Waals surface area contributed by atoms with E-state index in [1.165, 1.54) is 12.5 Å². The highest BCUT2D eigenvalue weighted by atomic mass is 16.2. The molecule has 1 fully saturated rings. The molecule has 2 aromatic carbocycles. The lowest BCUT2D eigenvalue weighted by Crippen LogP contribution is -2.43. The van der Waals surface area contributed by atoms with Crippen LogP contribution in [0.4, 0.5) is 11.5 Å². The fraction of sp³-hybridized carbons (Fsp3) is 0.393. The average molecular weight is 474 g/mol. The zero-order chi connectivity index (χ0) is 24.8. The van der Waals surface area contributed by atoms with E-state index in [9.17, 15) is 9.59 Å². The number of benzene rings is 2. The first-order chi connectivity index (χ1) is 16.9. The fourth-order valence-corrected chi connectivity index (χ4v) is 4.69. The SMILES string of the molecule is CC(=O)Nc1c(C)nn(-c2ccccc2)c1N1CCC(C(=O)N[C@@H](C)CCc2ccccc2)CC1. The number of nitrogens with one attached hydrogen (secondary N) is 2. The first kappa shape index (κ1) is 24.5. The number of hydrogen-bond acceptors (Lipinski definition) is 4. The number of nitrogens with zero attached hydrogens (tertiary/aromatic N) is 3. The van der Waals surface area contributed by atoms with Crippen LogP contribution in [0.15, 0.2) is 60.7 Å². The Balaban J connectivity index is 1.40. The van der Waals surface area contributed by atoms with E-state index in [4.69, 9.17) is 5.10 Å². The first-order valence-electron chi connectivity index (χ1n) is 12.4. The van der Waals surface area contributed by atoms with Crippen LogP contribution < -0.4 is 15.5 Å². The first-order valence-corrected chi connectivity index (χ1v) is 12.4. The maximum absolute atomic E-state index is 13.0. The summed E-state index contributed by atoms with van der Waals surface area (Å²) in [5, 5.41) is 10.9. The van der Waals surface area contributed by atoms with E-state index in [1.807, 2.05) is 48.0 Å². The van der Waals surface area contributed by atoms with Crippen molar-refractivity contribution in [2.24, 2.45) is 5.92 Å². The normalized spacial score (nSPS) is 15.0. The highest BCUT2D eigenvalue weighted by Crippen LogP contribution is 2.34. The fourth-order valence-electron chi connectivity index (χ4n) is 4.69. The second-order valence-corrected chi connectivity index (χ2v) is 9.41. The van der Waals surface area contributed by atoms with Crippen LogP contribution in [0.25, 0.3) is 5.69 Å². The number of para-hydroxylation sites is 1. The highest BCUT2D eigenvalue weighted by Gasteiger charge is 2.30. The van der Waals surface area contributed by atoms with Crippen molar-refractivity contribution in [2.75, 3.05) is 23.3 Å². The molecule has 0 aliphatic carbocycles. The summed E-state index contributed by atoms with van der Waals surface area (Å²) in [5.74, 6) is 0.878. The van der Waals surface area contributed by atoms with Gasteiger partial charge in [0.2, 0.25) is 11.8 Å². The molecule has 0 spiro atoms. The standard InChI is InChI=1S/C28H35N5O2/c1-20(14-15-23-10-6-4-7-11-23)29-27(35)24-16-18-32(19-17-24)28-26(30-22(3)34)21(2)31-33(28)25-12-8-5-9-13-25/h4-13,20,24H,14-19H2,1-3H3,(H,29,35)(H,30,34)/t20-/m0/s1. The number of anilines is 2. The summed E-state index contributed by atoms with van der Waals surface area (Å²) in [5.41, 5.74) is 3.74. The van der Waals surface area contributed by atoms with E-state index in [1.54, 1.807) is 0 Å². The van der Waals surface area contributed by atoms with E-state index in [0.717, 1.165) is 61.7 Å². The summed E-state index contributed by atoms with van der Waals surface area (Å²) >= 11 is 0. The molecule has 7 nitrogen and oxygen atoms in total. The summed E-state index contributed by atoms with van der Waals surface area (Å²) in [7, 11) is 0. The molecule has 3 aromatic rings. The molecule has 2 N–H and O–H groups in total. The molecule has 1 aromatic heterocycles. The van der Waals surface area contributed by atoms with Gasteiger partial charge >= 0.3 is 0 Å². The smallest absolute Gasteiger partial charge is 0.223 e. The second kappa shape index (κ2) is 11.2. The van der Waals surface area contributed by atoms with Gasteiger partial charge in [0.25, 0.3) is 0 Å². The number of rotatable bonds is 8. The van der Waals surface area contributed by atoms with Crippen LogP contribution in [0.2, 0.25) is 0 Å². The van der Waals surface area contributed by atoms with E-state index < -0.39 is 0 Å². The van der Waals surface area contributed by atoms with Crippen molar-refractivity contribution in [1.82, 2.24) is 15.1 Å². The third-order valence-corrected chi connectivity index (χ3v) is 6.60. The number of carbonyl (C=O) groups excluding carboxylic acids is 2. The van der Waals surface area contributed by atoms with Gasteiger partial charge in [-0.05, 0) is 57.2 Å². The zero-order valence-electron chi connectivity index (χ0n) is 20.8. The molecule has 184 valence electrons. The topological polar surface area (TPSA) is 79.3 Å². The van der Waals surface area contributed by atoms with Crippen molar-refractivity contribution in [3.05, 3.63) is 71.9 Å². The summed E-state index contributed by atoms with van der Waals surface area (Å²) in [4.78, 5) is 27.1. The van der Waals surface area contributed by atoms with Crippen molar-refractivity contribution in [3.8, 4) is 5.69 Å². The van der Waals surface area contributed by atoms with Gasteiger partial charge < -0.3 is 15.5 Å². The summed E-state index contributed by atoms with van der Waals surface area (Å²) < 4.78 is 1.90. The van der Waals surface area contributed by atoms with Crippen LogP contribution in [0, 0.1) is 12.8 Å². The maximum Gasteiger partial charge on any atom is 0.223 e. The van der Waals surface area contributed by atoms with E-state index >= 15 is 0 Å². The predicted molar refractivity (Wildman–Crippen MR) is 140 cm³/mol. The van der Waals surface area contributed by atoms with Gasteiger partial charge in [0, 0.05) is 32.0 Å². The third kappa shape index (κ3) is 6.10. The van der Waals surface area contributed by atoms with E-state index in [2.05, 4.69) is 46.7 Å². The molecule has 2 amide bonds. The lowest BCUT2D eigenvalue weighted by molar-refractivity contribution is -0.126. The number of piperidine rings is 1. The molecular formula is C28H35N5O2. The number of aromatic nitrogens is 2. The number of hydrogen-bond donors (Lipinski definition) is 2. The summed E-state index contributed by atoms with van der Waals surface area (Å²) in [6, 6.07) is 20.4. The number of aryl methyl sites for hydroxylation is 2. The van der Waals surface area contributed by atoms with Crippen LogP contribution in [0.1, 0.15) is 44.4 Å². The Bertz CT molecular complexity index is 1130. The molecule has 1 aliphatic heterocycles. The summed E-state index contributed by atoms with van der Waals surface area (Å²) in [6.07, 6.45) is 3.39. The van der Waals surface area contributed by atoms with E-state index in [0.29, 0.717) is 0 Å². The minimum absolute atomic E-state index is 0.0103. The predicted octanol–water partition coefficient (Wildman–Crippen LogP) is 4.49. The van der Waals surface area contributed by atoms with Gasteiger partial charge in [-0.25, -0.2) is 4.68 Å². The molecule has 35 heavy (non-hydrogen) atoms. The van der Waals surface area contributed by atoms with Gasteiger partial charge in [0.1, 0.15) is 5.69 Å². The molecule has 7 heteroatoms. The van der Waals surface area contributed by atoms with Crippen LogP contribution >= 0.6 is 0 Å². The Labute approximate surface area is 207 Å². The van der Waals surface area contributed by atoms with Crippen molar-refractivity contribution >= 4 is 23.3 Å². The quantitative estimate of drug-likeness (QED) is 0.505. The van der Waals surface area contributed by atoms with Gasteiger partial charge in [-0.1, -0.05) is 48.5 Å². The van der Waals surface area contributed by atoms with Gasteiger partial charge in [-0.15, -0.1) is 0 Å². The Morgan fingerprint density at radius 1 is 1.03 bits per heavy atom. The van der Waals surface area contributed by atoms with Crippen LogP contribution in [0.5, 0.6) is 0 Å². The molecule has 1 aliphatic rings. The van der Waals surface area contributed by atoms with Crippen molar-refractivity contribution in [1.29, 1.82) is 0 Å². The molecule has 1 saturated heterocycles. The van der Waals surface area contributed by atoms with Gasteiger partial charge in [-0.3, -0.25) is 9.59 Å². The molecule has 0 unspecified atom stereocenters. The van der Waals surface area contributed by atoms with E-state index in [-0.39, 0.29) is 23.8 Å². The Hall–Kier alpha value is -3.61. The van der Waals surface area contributed by atoms with Gasteiger partial charge in [-0.2, -0.15) is 5.10 Å². The molecule has 2 heterocycles. The minimum atomic E-state index is -0.124. The minimum Gasteiger partial charge on any atom is -0.355 e. The largest absolute Gasteiger partial charge is 0.355 e. The Kier molecular flexibility index (Phi) is 7.85. The Morgan fingerprint density at radius 3 is 2.29 bits per heavy atom. The molecular weight excluding hydrogens is 438 g/mol. The molecule has 4 rings (SSSR count). The van der Waals surface area contributed by atoms with Crippen LogP contribution in [0.3, 0.4) is 0 Å². The van der Waals surface area contributed by atoms with Crippen LogP contribution in [-0.2, 0) is 16.0 Å². The van der Waals surface area contributed by atoms with Crippen molar-refractivity contribution in [3.63, 3.8) is 0 Å². The monoisotopic (exact) mass is 473 g/mol. The van der Waals surface area contributed by atoms with Gasteiger partial charge in [0.05, 0.1) is 11.4 Å². The summed E-state index contributed by atoms with van der Waals surface area (Å²) in [6.45, 7) is 6.95. The third-order valence-electron chi connectivity index (χ3n) is 6.60. The van der Waals surface area contributed by atoms with Crippen LogP contribution in [-0.4, -0.2) is 40.7 Å². The second-order valence-electron chi connectivity index (χ2n) is 9.41. The number of amides is 2. The molecule has 0 saturated carbocycles. The number of carbonyl (C=O) groups is 2. The Morgan fingerprint density at radius 2 is 1.66 bits per heavy atom. The molecule has 1 atom stereocenters. The maximum atomic E-state index is 13.0. The van der Waals surface area contributed by atoms with Crippen molar-refractivity contribution < 1.29 is 9.59 Å². The van der Waals surface area contributed by atoms with Gasteiger partial charge in [0.15, 0.2) is 5.82 Å². The zero-order valence-corrected chi connectivity index (χ0v) is 20.8. The van der Waals surface area contributed by atoms with Crippen molar-refractivity contribution in [2.45, 2.75) is 52.5 Å². The lowest BCUT2D eigenvalue weighted by atomic mass is 9.95. The molecule has 0 bridgehead atoms. The highest BCUT2D eigenvalue weighted by molar-refractivity contribution is 5.93. The lowest BCUT2D eigenvalue weighted by Gasteiger charge is -2.34. The molecule has 0 radical (unpaired) electrons. The average Bonchev–Trinajstić information content (AvgIpc) is 3.19.